The topological polar surface area (TPSA) is 64.1 Å². The standard InChI is InChI=1S/C15H16N4O2S/c20-14-13(22-15-16-10-17-19(14)15)12(11-4-2-1-3-5-11)18-6-8-21-9-7-18/h1-5,10,12,20H,6-9H2/p+1/t12-/m1/s1. The fourth-order valence-electron chi connectivity index (χ4n) is 3.02. The van der Waals surface area contributed by atoms with Crippen LogP contribution in [0.5, 0.6) is 5.88 Å². The first-order chi connectivity index (χ1) is 10.8. The minimum Gasteiger partial charge on any atom is -0.492 e. The van der Waals surface area contributed by atoms with Crippen LogP contribution in [0.25, 0.3) is 4.96 Å². The van der Waals surface area contributed by atoms with Gasteiger partial charge in [0.2, 0.25) is 10.8 Å². The lowest BCUT2D eigenvalue weighted by atomic mass is 10.0. The lowest BCUT2D eigenvalue weighted by molar-refractivity contribution is -0.932. The molecule has 0 amide bonds. The number of aromatic hydroxyl groups is 1. The highest BCUT2D eigenvalue weighted by Gasteiger charge is 2.33. The molecule has 7 heteroatoms. The molecule has 1 atom stereocenters. The minimum absolute atomic E-state index is 0.0820. The van der Waals surface area contributed by atoms with E-state index in [0.29, 0.717) is 0 Å². The zero-order valence-corrected chi connectivity index (χ0v) is 12.8. The molecule has 1 aliphatic rings. The van der Waals surface area contributed by atoms with Gasteiger partial charge in [0.1, 0.15) is 24.3 Å². The van der Waals surface area contributed by atoms with Crippen LogP contribution in [0.3, 0.4) is 0 Å². The Morgan fingerprint density at radius 1 is 1.23 bits per heavy atom. The normalized spacial score (nSPS) is 17.8. The van der Waals surface area contributed by atoms with Crippen LogP contribution in [0.4, 0.5) is 0 Å². The number of morpholine rings is 1. The summed E-state index contributed by atoms with van der Waals surface area (Å²) in [6, 6.07) is 10.4. The summed E-state index contributed by atoms with van der Waals surface area (Å²) in [6.07, 6.45) is 1.47. The fraction of sp³-hybridized carbons (Fsp3) is 0.333. The molecule has 4 rings (SSSR count). The molecule has 0 aliphatic carbocycles. The zero-order chi connectivity index (χ0) is 14.9. The van der Waals surface area contributed by atoms with Crippen molar-refractivity contribution in [2.24, 2.45) is 0 Å². The van der Waals surface area contributed by atoms with Crippen LogP contribution in [-0.4, -0.2) is 46.0 Å². The molecule has 0 saturated carbocycles. The molecule has 0 radical (unpaired) electrons. The number of nitrogens with zero attached hydrogens (tertiary/aromatic N) is 3. The van der Waals surface area contributed by atoms with E-state index in [1.807, 2.05) is 18.2 Å². The fourth-order valence-corrected chi connectivity index (χ4v) is 4.14. The summed E-state index contributed by atoms with van der Waals surface area (Å²) >= 11 is 1.50. The number of hydrogen-bond donors (Lipinski definition) is 2. The Balaban J connectivity index is 1.82. The molecular formula is C15H17N4O2S+. The van der Waals surface area contributed by atoms with Gasteiger partial charge in [0.15, 0.2) is 6.04 Å². The minimum atomic E-state index is 0.0820. The van der Waals surface area contributed by atoms with Crippen molar-refractivity contribution in [1.82, 2.24) is 14.6 Å². The Hall–Kier alpha value is -1.96. The second-order valence-electron chi connectivity index (χ2n) is 5.36. The smallest absolute Gasteiger partial charge is 0.235 e. The molecule has 2 aromatic heterocycles. The van der Waals surface area contributed by atoms with E-state index in [-0.39, 0.29) is 11.9 Å². The Morgan fingerprint density at radius 2 is 2.00 bits per heavy atom. The van der Waals surface area contributed by atoms with Crippen LogP contribution in [0, 0.1) is 0 Å². The molecule has 2 N–H and O–H groups in total. The van der Waals surface area contributed by atoms with Crippen molar-refractivity contribution < 1.29 is 14.7 Å². The van der Waals surface area contributed by atoms with Gasteiger partial charge in [-0.25, -0.2) is 4.98 Å². The quantitative estimate of drug-likeness (QED) is 0.738. The van der Waals surface area contributed by atoms with Crippen molar-refractivity contribution >= 4 is 16.3 Å². The zero-order valence-electron chi connectivity index (χ0n) is 12.0. The molecule has 3 heterocycles. The van der Waals surface area contributed by atoms with Gasteiger partial charge in [-0.1, -0.05) is 41.7 Å². The number of hydrogen-bond acceptors (Lipinski definition) is 5. The SMILES string of the molecule is Oc1c([C@@H](c2ccccc2)[NH+]2CCOCC2)sc2ncnn12. The van der Waals surface area contributed by atoms with E-state index in [0.717, 1.165) is 36.1 Å². The maximum absolute atomic E-state index is 10.6. The molecule has 3 aromatic rings. The number of rotatable bonds is 3. The van der Waals surface area contributed by atoms with E-state index in [4.69, 9.17) is 4.74 Å². The summed E-state index contributed by atoms with van der Waals surface area (Å²) in [5, 5.41) is 14.7. The first kappa shape index (κ1) is 13.7. The Bertz CT molecular complexity index is 764. The highest BCUT2D eigenvalue weighted by atomic mass is 32.1. The molecule has 0 unspecified atom stereocenters. The summed E-state index contributed by atoms with van der Waals surface area (Å²) in [4.78, 5) is 7.24. The van der Waals surface area contributed by atoms with Gasteiger partial charge in [-0.05, 0) is 0 Å². The van der Waals surface area contributed by atoms with Crippen LogP contribution in [0.15, 0.2) is 36.7 Å². The van der Waals surface area contributed by atoms with Crippen LogP contribution in [0.2, 0.25) is 0 Å². The molecule has 114 valence electrons. The molecule has 0 spiro atoms. The van der Waals surface area contributed by atoms with Crippen molar-refractivity contribution in [3.63, 3.8) is 0 Å². The number of aromatic nitrogens is 3. The Morgan fingerprint density at radius 3 is 2.73 bits per heavy atom. The van der Waals surface area contributed by atoms with Crippen molar-refractivity contribution in [2.45, 2.75) is 6.04 Å². The molecule has 1 saturated heterocycles. The van der Waals surface area contributed by atoms with Crippen molar-refractivity contribution in [3.8, 4) is 5.88 Å². The second kappa shape index (κ2) is 5.68. The van der Waals surface area contributed by atoms with Crippen molar-refractivity contribution in [1.29, 1.82) is 0 Å². The number of nitrogens with one attached hydrogen (secondary N) is 1. The number of benzene rings is 1. The van der Waals surface area contributed by atoms with Gasteiger partial charge in [0.05, 0.1) is 13.2 Å². The van der Waals surface area contributed by atoms with Crippen LogP contribution in [-0.2, 0) is 4.74 Å². The average Bonchev–Trinajstić information content (AvgIpc) is 3.14. The molecule has 22 heavy (non-hydrogen) atoms. The Labute approximate surface area is 131 Å². The van der Waals surface area contributed by atoms with Crippen molar-refractivity contribution in [3.05, 3.63) is 47.1 Å². The maximum atomic E-state index is 10.6. The van der Waals surface area contributed by atoms with Crippen molar-refractivity contribution in [2.75, 3.05) is 26.3 Å². The van der Waals surface area contributed by atoms with E-state index in [2.05, 4.69) is 22.2 Å². The lowest BCUT2D eigenvalue weighted by Crippen LogP contribution is -3.14. The van der Waals surface area contributed by atoms with E-state index in [1.54, 1.807) is 0 Å². The van der Waals surface area contributed by atoms with Crippen LogP contribution < -0.4 is 4.90 Å². The molecule has 0 bridgehead atoms. The molecule has 1 fully saturated rings. The summed E-state index contributed by atoms with van der Waals surface area (Å²) in [5.41, 5.74) is 1.19. The van der Waals surface area contributed by atoms with Crippen LogP contribution in [0.1, 0.15) is 16.5 Å². The van der Waals surface area contributed by atoms with Gasteiger partial charge >= 0.3 is 0 Å². The van der Waals surface area contributed by atoms with Gasteiger partial charge in [-0.15, -0.1) is 0 Å². The second-order valence-corrected chi connectivity index (χ2v) is 6.37. The van der Waals surface area contributed by atoms with Gasteiger partial charge < -0.3 is 14.7 Å². The van der Waals surface area contributed by atoms with E-state index < -0.39 is 0 Å². The molecule has 1 aliphatic heterocycles. The number of fused-ring (bicyclic) bond motifs is 1. The first-order valence-corrected chi connectivity index (χ1v) is 8.15. The molecule has 6 nitrogen and oxygen atoms in total. The van der Waals surface area contributed by atoms with E-state index >= 15 is 0 Å². The van der Waals surface area contributed by atoms with E-state index in [9.17, 15) is 5.11 Å². The average molecular weight is 317 g/mol. The lowest BCUT2D eigenvalue weighted by Gasteiger charge is -2.31. The summed E-state index contributed by atoms with van der Waals surface area (Å²) < 4.78 is 7.00. The third-order valence-corrected chi connectivity index (χ3v) is 5.18. The van der Waals surface area contributed by atoms with Gasteiger partial charge in [-0.2, -0.15) is 9.61 Å². The predicted molar refractivity (Wildman–Crippen MR) is 82.3 cm³/mol. The third-order valence-electron chi connectivity index (χ3n) is 4.08. The third kappa shape index (κ3) is 2.27. The number of quaternary nitrogens is 1. The Kier molecular flexibility index (Phi) is 3.53. The number of thiazole rings is 1. The molecular weight excluding hydrogens is 300 g/mol. The number of ether oxygens (including phenoxy) is 1. The summed E-state index contributed by atoms with van der Waals surface area (Å²) in [6.45, 7) is 3.35. The first-order valence-electron chi connectivity index (χ1n) is 7.33. The van der Waals surface area contributed by atoms with Gasteiger partial charge in [-0.3, -0.25) is 0 Å². The monoisotopic (exact) mass is 317 g/mol. The predicted octanol–water partition coefficient (Wildman–Crippen LogP) is 0.501. The largest absolute Gasteiger partial charge is 0.492 e. The highest BCUT2D eigenvalue weighted by molar-refractivity contribution is 7.17. The van der Waals surface area contributed by atoms with Gasteiger partial charge in [0, 0.05) is 5.56 Å². The molecule has 1 aromatic carbocycles. The maximum Gasteiger partial charge on any atom is 0.235 e. The summed E-state index contributed by atoms with van der Waals surface area (Å²) in [5.74, 6) is 0.199. The highest BCUT2D eigenvalue weighted by Crippen LogP contribution is 2.34. The van der Waals surface area contributed by atoms with E-state index in [1.165, 1.54) is 32.6 Å². The van der Waals surface area contributed by atoms with Crippen LogP contribution >= 0.6 is 11.3 Å². The van der Waals surface area contributed by atoms with Gasteiger partial charge in [0.25, 0.3) is 0 Å². The summed E-state index contributed by atoms with van der Waals surface area (Å²) in [7, 11) is 0.